The van der Waals surface area contributed by atoms with Crippen LogP contribution in [0.2, 0.25) is 25.7 Å². The fourth-order valence-corrected chi connectivity index (χ4v) is 4.79. The van der Waals surface area contributed by atoms with Crippen LogP contribution in [0.3, 0.4) is 0 Å². The van der Waals surface area contributed by atoms with Crippen molar-refractivity contribution in [2.45, 2.75) is 64.0 Å². The minimum Gasteiger partial charge on any atom is -0.378 e. The van der Waals surface area contributed by atoms with E-state index in [1.54, 1.807) is 0 Å². The van der Waals surface area contributed by atoms with Crippen LogP contribution in [0.1, 0.15) is 18.1 Å². The van der Waals surface area contributed by atoms with E-state index in [-0.39, 0.29) is 38.7 Å². The molecule has 2 aromatic rings. The Morgan fingerprint density at radius 3 is 2.20 bits per heavy atom. The number of nitrogens with one attached hydrogen (secondary N) is 2. The summed E-state index contributed by atoms with van der Waals surface area (Å²) in [5, 5.41) is 6.25. The Hall–Kier alpha value is -3.36. The first kappa shape index (κ1) is 36.1. The van der Waals surface area contributed by atoms with Gasteiger partial charge in [-0.3, -0.25) is 19.3 Å². The fraction of sp³-hybridized carbons (Fsp3) is 0.640. The SMILES string of the molecule is CC(CONC(=O)C(F)N1CCN(c2ncc(C(F)(F)F)cn2)CC1)Nc1cnn(COCC[Si](C)(C)C)c(=O)c1C(F)(F)F. The summed E-state index contributed by atoms with van der Waals surface area (Å²) < 4.78 is 100. The number of nitrogens with zero attached hydrogens (tertiary/aromatic N) is 6. The number of anilines is 2. The van der Waals surface area contributed by atoms with Gasteiger partial charge >= 0.3 is 12.4 Å². The van der Waals surface area contributed by atoms with E-state index in [4.69, 9.17) is 9.57 Å². The third kappa shape index (κ3) is 10.6. The number of hydrogen-bond donors (Lipinski definition) is 2. The van der Waals surface area contributed by atoms with Crippen LogP contribution in [0.15, 0.2) is 23.4 Å². The molecule has 2 N–H and O–H groups in total. The highest BCUT2D eigenvalue weighted by molar-refractivity contribution is 6.76. The van der Waals surface area contributed by atoms with Crippen molar-refractivity contribution >= 4 is 25.6 Å². The van der Waals surface area contributed by atoms with Crippen LogP contribution < -0.4 is 21.3 Å². The number of halogens is 7. The van der Waals surface area contributed by atoms with Gasteiger partial charge in [-0.05, 0) is 13.0 Å². The maximum Gasteiger partial charge on any atom is 0.423 e. The lowest BCUT2D eigenvalue weighted by Gasteiger charge is -2.35. The van der Waals surface area contributed by atoms with E-state index in [0.29, 0.717) is 17.1 Å². The Balaban J connectivity index is 1.48. The maximum atomic E-state index is 14.8. The van der Waals surface area contributed by atoms with Crippen LogP contribution in [0, 0.1) is 0 Å². The smallest absolute Gasteiger partial charge is 0.378 e. The highest BCUT2D eigenvalue weighted by Crippen LogP contribution is 2.32. The molecule has 1 fully saturated rings. The van der Waals surface area contributed by atoms with Crippen LogP contribution in [-0.2, 0) is 33.5 Å². The second-order valence-electron chi connectivity index (χ2n) is 11.5. The van der Waals surface area contributed by atoms with E-state index >= 15 is 0 Å². The first-order valence-corrected chi connectivity index (χ1v) is 17.5. The van der Waals surface area contributed by atoms with Crippen LogP contribution in [0.4, 0.5) is 42.4 Å². The third-order valence-corrected chi connectivity index (χ3v) is 8.25. The van der Waals surface area contributed by atoms with E-state index in [1.165, 1.54) is 11.8 Å². The van der Waals surface area contributed by atoms with Crippen molar-refractivity contribution in [2.75, 3.05) is 49.6 Å². The monoisotopic (exact) mass is 672 g/mol. The Kier molecular flexibility index (Phi) is 11.9. The van der Waals surface area contributed by atoms with Crippen molar-refractivity contribution in [1.82, 2.24) is 30.1 Å². The number of hydroxylamine groups is 1. The zero-order chi connectivity index (χ0) is 33.6. The van der Waals surface area contributed by atoms with E-state index in [2.05, 4.69) is 40.0 Å². The summed E-state index contributed by atoms with van der Waals surface area (Å²) >= 11 is 0. The molecule has 0 radical (unpaired) electrons. The van der Waals surface area contributed by atoms with Gasteiger partial charge in [0.25, 0.3) is 11.5 Å². The average molecular weight is 673 g/mol. The van der Waals surface area contributed by atoms with Gasteiger partial charge in [0.1, 0.15) is 12.3 Å². The summed E-state index contributed by atoms with van der Waals surface area (Å²) in [6.07, 6.45) is -9.61. The molecule has 2 unspecified atom stereocenters. The number of carbonyl (C=O) groups is 1. The van der Waals surface area contributed by atoms with Gasteiger partial charge in [-0.2, -0.15) is 31.4 Å². The summed E-state index contributed by atoms with van der Waals surface area (Å²) in [4.78, 5) is 39.9. The number of piperazine rings is 1. The Morgan fingerprint density at radius 1 is 1.02 bits per heavy atom. The molecule has 2 aromatic heterocycles. The zero-order valence-corrected chi connectivity index (χ0v) is 26.0. The Morgan fingerprint density at radius 2 is 1.64 bits per heavy atom. The summed E-state index contributed by atoms with van der Waals surface area (Å²) in [5.41, 5.74) is -2.58. The lowest BCUT2D eigenvalue weighted by atomic mass is 10.2. The lowest BCUT2D eigenvalue weighted by Crippen LogP contribution is -2.53. The van der Waals surface area contributed by atoms with Gasteiger partial charge in [0, 0.05) is 59.3 Å². The first-order valence-electron chi connectivity index (χ1n) is 13.8. The van der Waals surface area contributed by atoms with Gasteiger partial charge in [-0.15, -0.1) is 0 Å². The van der Waals surface area contributed by atoms with Crippen molar-refractivity contribution in [1.29, 1.82) is 0 Å². The van der Waals surface area contributed by atoms with Crippen molar-refractivity contribution in [3.63, 3.8) is 0 Å². The van der Waals surface area contributed by atoms with Crippen molar-refractivity contribution in [3.8, 4) is 0 Å². The van der Waals surface area contributed by atoms with E-state index in [1.807, 2.05) is 5.48 Å². The fourth-order valence-electron chi connectivity index (χ4n) is 4.03. The molecule has 1 saturated heterocycles. The number of carbonyl (C=O) groups excluding carboxylic acids is 1. The van der Waals surface area contributed by atoms with Gasteiger partial charge in [-0.1, -0.05) is 19.6 Å². The second-order valence-corrected chi connectivity index (χ2v) is 17.2. The summed E-state index contributed by atoms with van der Waals surface area (Å²) in [6, 6.07) is -0.135. The van der Waals surface area contributed by atoms with E-state index < -0.39 is 74.4 Å². The number of alkyl halides is 7. The standard InChI is InChI=1S/C25H35F7N8O4Si/c1-16(36-18-13-35-40(15-43-9-10-45(2,3)4)22(42)19(18)25(30,31)32)14-44-37-21(41)20(26)38-5-7-39(8-6-38)23-33-11-17(12-34-23)24(27,28)29/h11-13,16,20,36H,5-10,14-15H2,1-4H3,(H,37,41). The molecule has 252 valence electrons. The first-order chi connectivity index (χ1) is 20.9. The maximum absolute atomic E-state index is 14.8. The van der Waals surface area contributed by atoms with Crippen LogP contribution in [-0.4, -0.2) is 90.4 Å². The van der Waals surface area contributed by atoms with Gasteiger partial charge in [0.05, 0.1) is 24.1 Å². The molecule has 2 atom stereocenters. The molecule has 12 nitrogen and oxygen atoms in total. The normalized spacial score (nSPS) is 16.4. The number of amides is 1. The molecule has 3 rings (SSSR count). The molecule has 1 amide bonds. The molecule has 1 aliphatic heterocycles. The highest BCUT2D eigenvalue weighted by Gasteiger charge is 2.39. The molecular formula is C25H35F7N8O4Si. The molecule has 3 heterocycles. The molecule has 45 heavy (non-hydrogen) atoms. The van der Waals surface area contributed by atoms with E-state index in [9.17, 15) is 40.3 Å². The predicted molar refractivity (Wildman–Crippen MR) is 150 cm³/mol. The minimum atomic E-state index is -5.01. The number of hydrogen-bond acceptors (Lipinski definition) is 10. The largest absolute Gasteiger partial charge is 0.423 e. The summed E-state index contributed by atoms with van der Waals surface area (Å²) in [7, 11) is -1.45. The minimum absolute atomic E-state index is 0.0129. The van der Waals surface area contributed by atoms with E-state index in [0.717, 1.165) is 17.1 Å². The van der Waals surface area contributed by atoms with Crippen LogP contribution >= 0.6 is 0 Å². The van der Waals surface area contributed by atoms with Crippen LogP contribution in [0.25, 0.3) is 0 Å². The molecule has 20 heteroatoms. The molecule has 0 aromatic carbocycles. The Labute approximate surface area is 254 Å². The molecule has 0 bridgehead atoms. The number of rotatable bonds is 13. The zero-order valence-electron chi connectivity index (χ0n) is 25.0. The third-order valence-electron chi connectivity index (χ3n) is 6.54. The summed E-state index contributed by atoms with van der Waals surface area (Å²) in [6.45, 7) is 7.42. The Bertz CT molecular complexity index is 1330. The van der Waals surface area contributed by atoms with Gasteiger partial charge in [0.15, 0.2) is 0 Å². The molecule has 0 spiro atoms. The number of aromatic nitrogens is 4. The van der Waals surface area contributed by atoms with Crippen LogP contribution in [0.5, 0.6) is 0 Å². The van der Waals surface area contributed by atoms with Crippen molar-refractivity contribution < 1.29 is 45.1 Å². The second kappa shape index (κ2) is 14.8. The van der Waals surface area contributed by atoms with Gasteiger partial charge in [-0.25, -0.2) is 24.5 Å². The number of ether oxygens (including phenoxy) is 1. The predicted octanol–water partition coefficient (Wildman–Crippen LogP) is 3.35. The quantitative estimate of drug-likeness (QED) is 0.108. The molecule has 0 aliphatic carbocycles. The average Bonchev–Trinajstić information content (AvgIpc) is 2.94. The molecule has 1 aliphatic rings. The van der Waals surface area contributed by atoms with Gasteiger partial charge < -0.3 is 15.0 Å². The topological polar surface area (TPSA) is 127 Å². The van der Waals surface area contributed by atoms with Crippen molar-refractivity contribution in [2.24, 2.45) is 0 Å². The lowest BCUT2D eigenvalue weighted by molar-refractivity contribution is -0.146. The van der Waals surface area contributed by atoms with Gasteiger partial charge in [0.2, 0.25) is 12.2 Å². The molecular weight excluding hydrogens is 637 g/mol. The van der Waals surface area contributed by atoms with Crippen molar-refractivity contribution in [3.05, 3.63) is 40.1 Å². The highest BCUT2D eigenvalue weighted by atomic mass is 28.3. The molecule has 0 saturated carbocycles. The summed E-state index contributed by atoms with van der Waals surface area (Å²) in [5.74, 6) is -1.14.